The van der Waals surface area contributed by atoms with Gasteiger partial charge in [-0.15, -0.1) is 0 Å². The third-order valence-corrected chi connectivity index (χ3v) is 9.13. The fourth-order valence-electron chi connectivity index (χ4n) is 6.51. The second-order valence-electron chi connectivity index (χ2n) is 11.5. The number of ether oxygens (including phenoxy) is 1. The van der Waals surface area contributed by atoms with Gasteiger partial charge in [0.15, 0.2) is 0 Å². The van der Waals surface area contributed by atoms with E-state index in [1.807, 2.05) is 42.2 Å². The number of hydrogen-bond donors (Lipinski definition) is 1. The van der Waals surface area contributed by atoms with Crippen molar-refractivity contribution in [1.82, 2.24) is 9.91 Å². The largest absolute Gasteiger partial charge is 0.492 e. The Labute approximate surface area is 240 Å². The first-order chi connectivity index (χ1) is 19.7. The van der Waals surface area contributed by atoms with Gasteiger partial charge in [-0.25, -0.2) is 10.9 Å². The van der Waals surface area contributed by atoms with Gasteiger partial charge in [0.1, 0.15) is 5.75 Å². The van der Waals surface area contributed by atoms with Crippen molar-refractivity contribution in [2.45, 2.75) is 45.4 Å². The summed E-state index contributed by atoms with van der Waals surface area (Å²) in [5.41, 5.74) is 7.21. The number of nitrogens with zero attached hydrogens (tertiary/aromatic N) is 3. The van der Waals surface area contributed by atoms with Crippen LogP contribution in [0.4, 0.5) is 5.69 Å². The molecule has 3 amide bonds. The van der Waals surface area contributed by atoms with Gasteiger partial charge < -0.3 is 14.5 Å². The normalized spacial score (nSPS) is 17.2. The van der Waals surface area contributed by atoms with E-state index in [1.54, 1.807) is 12.1 Å². The van der Waals surface area contributed by atoms with E-state index in [-0.39, 0.29) is 11.3 Å². The van der Waals surface area contributed by atoms with Crippen LogP contribution in [0, 0.1) is 6.92 Å². The van der Waals surface area contributed by atoms with E-state index in [1.165, 1.54) is 18.1 Å². The number of amides is 3. The van der Waals surface area contributed by atoms with Crippen molar-refractivity contribution < 1.29 is 19.1 Å². The van der Waals surface area contributed by atoms with Crippen LogP contribution >= 0.6 is 0 Å². The Bertz CT molecular complexity index is 1540. The zero-order chi connectivity index (χ0) is 28.9. The average Bonchev–Trinajstić information content (AvgIpc) is 3.56. The lowest BCUT2D eigenvalue weighted by Gasteiger charge is -2.38. The number of nitrogens with two attached hydrogens (primary N) is 1. The number of carbonyl (C=O) groups is 3. The quantitative estimate of drug-likeness (QED) is 0.292. The molecule has 8 nitrogen and oxygen atoms in total. The Morgan fingerprint density at radius 1 is 0.976 bits per heavy atom. The lowest BCUT2D eigenvalue weighted by Crippen LogP contribution is -2.43. The third kappa shape index (κ3) is 4.71. The lowest BCUT2D eigenvalue weighted by atomic mass is 9.74. The van der Waals surface area contributed by atoms with E-state index in [0.717, 1.165) is 73.6 Å². The number of piperidine rings is 1. The van der Waals surface area contributed by atoms with Crippen molar-refractivity contribution in [1.29, 1.82) is 0 Å². The van der Waals surface area contributed by atoms with Crippen LogP contribution in [0.5, 0.6) is 5.75 Å². The van der Waals surface area contributed by atoms with Crippen molar-refractivity contribution in [2.24, 2.45) is 5.84 Å². The van der Waals surface area contributed by atoms with Crippen LogP contribution in [-0.4, -0.2) is 60.4 Å². The van der Waals surface area contributed by atoms with Gasteiger partial charge in [-0.2, -0.15) is 0 Å². The summed E-state index contributed by atoms with van der Waals surface area (Å²) >= 11 is 0. The molecule has 6 rings (SSSR count). The van der Waals surface area contributed by atoms with Crippen LogP contribution < -0.4 is 15.5 Å². The van der Waals surface area contributed by atoms with Crippen molar-refractivity contribution in [3.8, 4) is 16.9 Å². The lowest BCUT2D eigenvalue weighted by molar-refractivity contribution is -0.126. The number of likely N-dealkylation sites (tertiary alicyclic amines) is 1. The molecule has 0 saturated carbocycles. The number of aryl methyl sites for hydroxylation is 1. The number of carbonyl (C=O) groups excluding carboxylic acids is 3. The van der Waals surface area contributed by atoms with Crippen LogP contribution in [0.25, 0.3) is 11.1 Å². The first-order valence-corrected chi connectivity index (χ1v) is 14.4. The molecule has 41 heavy (non-hydrogen) atoms. The highest BCUT2D eigenvalue weighted by atomic mass is 16.5. The van der Waals surface area contributed by atoms with Gasteiger partial charge in [0.2, 0.25) is 5.91 Å². The minimum Gasteiger partial charge on any atom is -0.492 e. The van der Waals surface area contributed by atoms with Crippen LogP contribution in [0.15, 0.2) is 54.6 Å². The van der Waals surface area contributed by atoms with Gasteiger partial charge in [0.25, 0.3) is 11.8 Å². The summed E-state index contributed by atoms with van der Waals surface area (Å²) in [4.78, 5) is 42.0. The van der Waals surface area contributed by atoms with Gasteiger partial charge >= 0.3 is 0 Å². The number of hydrazine groups is 1. The van der Waals surface area contributed by atoms with E-state index in [9.17, 15) is 14.4 Å². The van der Waals surface area contributed by atoms with Crippen LogP contribution in [0.1, 0.15) is 64.1 Å². The standard InChI is InChI=1S/C33H36N4O4/c1-4-35-15-12-33(13-16-35)20-41-30-18-25-11-14-36(29(25)19-28(30)33)31(39)24-7-5-23(6-8-24)27-10-9-26(17-21(27)2)32(40)37(34)22(3)38/h5-10,17-19H,4,11-16,20,34H2,1-3H3. The summed E-state index contributed by atoms with van der Waals surface area (Å²) in [6.07, 6.45) is 2.98. The van der Waals surface area contributed by atoms with Crippen molar-refractivity contribution in [3.63, 3.8) is 0 Å². The molecule has 0 aliphatic carbocycles. The molecule has 0 bridgehead atoms. The molecule has 212 valence electrons. The summed E-state index contributed by atoms with van der Waals surface area (Å²) in [6.45, 7) is 9.98. The molecular weight excluding hydrogens is 516 g/mol. The molecule has 0 atom stereocenters. The highest BCUT2D eigenvalue weighted by Gasteiger charge is 2.44. The van der Waals surface area contributed by atoms with Crippen molar-refractivity contribution in [3.05, 3.63) is 82.4 Å². The summed E-state index contributed by atoms with van der Waals surface area (Å²) in [5, 5.41) is 0.613. The minimum atomic E-state index is -0.548. The number of hydrogen-bond acceptors (Lipinski definition) is 6. The van der Waals surface area contributed by atoms with E-state index in [4.69, 9.17) is 10.6 Å². The number of imide groups is 1. The molecule has 3 aromatic rings. The van der Waals surface area contributed by atoms with Gasteiger partial charge in [-0.05, 0) is 104 Å². The predicted molar refractivity (Wildman–Crippen MR) is 158 cm³/mol. The first kappa shape index (κ1) is 27.2. The molecule has 3 aromatic carbocycles. The summed E-state index contributed by atoms with van der Waals surface area (Å²) in [5.74, 6) is 5.50. The zero-order valence-corrected chi connectivity index (χ0v) is 23.9. The number of anilines is 1. The Morgan fingerprint density at radius 2 is 1.68 bits per heavy atom. The van der Waals surface area contributed by atoms with Gasteiger partial charge in [-0.1, -0.05) is 25.1 Å². The number of fused-ring (bicyclic) bond motifs is 3. The average molecular weight is 553 g/mol. The molecule has 0 unspecified atom stereocenters. The van der Waals surface area contributed by atoms with E-state index in [2.05, 4.69) is 24.0 Å². The highest BCUT2D eigenvalue weighted by Crippen LogP contribution is 2.49. The topological polar surface area (TPSA) is 96.2 Å². The van der Waals surface area contributed by atoms with Crippen molar-refractivity contribution >= 4 is 23.4 Å². The third-order valence-electron chi connectivity index (χ3n) is 9.13. The molecular formula is C33H36N4O4. The van der Waals surface area contributed by atoms with Crippen LogP contribution in [-0.2, 0) is 16.6 Å². The minimum absolute atomic E-state index is 0.00560. The second-order valence-corrected chi connectivity index (χ2v) is 11.5. The van der Waals surface area contributed by atoms with E-state index < -0.39 is 11.8 Å². The summed E-state index contributed by atoms with van der Waals surface area (Å²) < 4.78 is 6.21. The maximum atomic E-state index is 13.7. The Hall–Kier alpha value is -4.01. The maximum absolute atomic E-state index is 13.7. The molecule has 2 N–H and O–H groups in total. The predicted octanol–water partition coefficient (Wildman–Crippen LogP) is 4.47. The van der Waals surface area contributed by atoms with Crippen molar-refractivity contribution in [2.75, 3.05) is 37.7 Å². The smallest absolute Gasteiger partial charge is 0.274 e. The zero-order valence-electron chi connectivity index (χ0n) is 23.9. The van der Waals surface area contributed by atoms with Gasteiger partial charge in [0.05, 0.1) is 6.61 Å². The molecule has 1 spiro atoms. The molecule has 3 aliphatic heterocycles. The molecule has 8 heteroatoms. The molecule has 1 fully saturated rings. The van der Waals surface area contributed by atoms with E-state index >= 15 is 0 Å². The molecule has 1 saturated heterocycles. The number of rotatable bonds is 4. The molecule has 0 radical (unpaired) electrons. The summed E-state index contributed by atoms with van der Waals surface area (Å²) in [7, 11) is 0. The SMILES string of the molecule is CCN1CCC2(CC1)COc1cc3c(cc12)N(C(=O)c1ccc(-c2ccc(C(=O)N(N)C(C)=O)cc2C)cc1)CC3. The fraction of sp³-hybridized carbons (Fsp3) is 0.364. The Morgan fingerprint density at radius 3 is 2.34 bits per heavy atom. The molecule has 3 heterocycles. The fourth-order valence-corrected chi connectivity index (χ4v) is 6.51. The van der Waals surface area contributed by atoms with Crippen LogP contribution in [0.2, 0.25) is 0 Å². The second kappa shape index (κ2) is 10.4. The highest BCUT2D eigenvalue weighted by molar-refractivity contribution is 6.08. The summed E-state index contributed by atoms with van der Waals surface area (Å²) in [6, 6.07) is 17.2. The number of benzene rings is 3. The molecule has 0 aromatic heterocycles. The molecule has 3 aliphatic rings. The van der Waals surface area contributed by atoms with Gasteiger partial charge in [0, 0.05) is 41.3 Å². The Kier molecular flexibility index (Phi) is 6.91. The van der Waals surface area contributed by atoms with Gasteiger partial charge in [-0.3, -0.25) is 14.4 Å². The van der Waals surface area contributed by atoms with E-state index in [0.29, 0.717) is 22.7 Å². The Balaban J connectivity index is 1.22. The maximum Gasteiger partial charge on any atom is 0.274 e. The van der Waals surface area contributed by atoms with Crippen LogP contribution in [0.3, 0.4) is 0 Å². The first-order valence-electron chi connectivity index (χ1n) is 14.4. The monoisotopic (exact) mass is 552 g/mol.